The first-order valence-corrected chi connectivity index (χ1v) is 6.96. The van der Waals surface area contributed by atoms with E-state index in [0.717, 1.165) is 22.3 Å². The Balaban J connectivity index is 2.15. The molecule has 0 saturated heterocycles. The van der Waals surface area contributed by atoms with E-state index in [0.29, 0.717) is 5.56 Å². The topological polar surface area (TPSA) is 57.8 Å². The molecule has 0 spiro atoms. The van der Waals surface area contributed by atoms with E-state index in [4.69, 9.17) is 0 Å². The zero-order valence-corrected chi connectivity index (χ0v) is 12.5. The van der Waals surface area contributed by atoms with Gasteiger partial charge in [0.25, 0.3) is 5.91 Å². The molecule has 1 heterocycles. The number of nitrogens with one attached hydrogen (secondary N) is 2. The highest BCUT2D eigenvalue weighted by molar-refractivity contribution is 9.10. The Morgan fingerprint density at radius 3 is 2.84 bits per heavy atom. The molecule has 1 aromatic carbocycles. The van der Waals surface area contributed by atoms with E-state index in [1.807, 2.05) is 32.0 Å². The number of carbonyl (C=O) groups is 1. The summed E-state index contributed by atoms with van der Waals surface area (Å²) in [6.07, 6.45) is 4.23. The summed E-state index contributed by atoms with van der Waals surface area (Å²) in [5.41, 5.74) is 1.70. The summed E-state index contributed by atoms with van der Waals surface area (Å²) in [6.45, 7) is 3.98. The van der Waals surface area contributed by atoms with E-state index in [1.165, 1.54) is 0 Å². The minimum Gasteiger partial charge on any atom is -0.347 e. The highest BCUT2D eigenvalue weighted by Gasteiger charge is 2.16. The van der Waals surface area contributed by atoms with Crippen LogP contribution in [-0.4, -0.2) is 15.9 Å². The second kappa shape index (κ2) is 6.02. The second-order valence-corrected chi connectivity index (χ2v) is 5.34. The van der Waals surface area contributed by atoms with Crippen molar-refractivity contribution in [2.45, 2.75) is 26.3 Å². The number of imidazole rings is 1. The fourth-order valence-corrected chi connectivity index (χ4v) is 2.55. The zero-order chi connectivity index (χ0) is 13.8. The fraction of sp³-hybridized carbons (Fsp3) is 0.286. The standard InChI is InChI=1S/C14H16BrN3O/c1-3-12(13-16-4-5-17-13)18-14(19)10-6-9(2)7-11(15)8-10/h4-8,12H,3H2,1-2H3,(H,16,17)(H,18,19). The Bertz CT molecular complexity index is 546. The van der Waals surface area contributed by atoms with Gasteiger partial charge in [0.15, 0.2) is 0 Å². The van der Waals surface area contributed by atoms with Crippen molar-refractivity contribution in [3.8, 4) is 0 Å². The van der Waals surface area contributed by atoms with E-state index >= 15 is 0 Å². The van der Waals surface area contributed by atoms with Gasteiger partial charge in [-0.2, -0.15) is 0 Å². The number of halogens is 1. The molecule has 2 N–H and O–H groups in total. The number of rotatable bonds is 4. The number of aromatic nitrogens is 2. The third-order valence-corrected chi connectivity index (χ3v) is 3.33. The Morgan fingerprint density at radius 1 is 1.47 bits per heavy atom. The molecule has 0 fully saturated rings. The van der Waals surface area contributed by atoms with Gasteiger partial charge in [-0.1, -0.05) is 22.9 Å². The molecule has 1 aromatic heterocycles. The molecule has 100 valence electrons. The lowest BCUT2D eigenvalue weighted by molar-refractivity contribution is 0.0933. The summed E-state index contributed by atoms with van der Waals surface area (Å²) in [7, 11) is 0. The van der Waals surface area contributed by atoms with Crippen molar-refractivity contribution in [3.63, 3.8) is 0 Å². The molecule has 0 aliphatic rings. The van der Waals surface area contributed by atoms with E-state index in [9.17, 15) is 4.79 Å². The minimum absolute atomic E-state index is 0.0901. The number of hydrogen-bond donors (Lipinski definition) is 2. The number of benzene rings is 1. The van der Waals surface area contributed by atoms with Gasteiger partial charge in [-0.05, 0) is 37.1 Å². The molecule has 1 amide bonds. The Kier molecular flexibility index (Phi) is 4.37. The summed E-state index contributed by atoms with van der Waals surface area (Å²) >= 11 is 3.40. The van der Waals surface area contributed by atoms with Crippen LogP contribution in [0.15, 0.2) is 35.1 Å². The van der Waals surface area contributed by atoms with Crippen LogP contribution in [-0.2, 0) is 0 Å². The van der Waals surface area contributed by atoms with Crippen molar-refractivity contribution in [2.24, 2.45) is 0 Å². The molecule has 1 atom stereocenters. The first-order valence-electron chi connectivity index (χ1n) is 6.17. The number of amides is 1. The van der Waals surface area contributed by atoms with Gasteiger partial charge in [-0.3, -0.25) is 4.79 Å². The summed E-state index contributed by atoms with van der Waals surface area (Å²) < 4.78 is 0.906. The molecule has 19 heavy (non-hydrogen) atoms. The van der Waals surface area contributed by atoms with Crippen LogP contribution in [0.4, 0.5) is 0 Å². The molecule has 5 heteroatoms. The average Bonchev–Trinajstić information content (AvgIpc) is 2.88. The highest BCUT2D eigenvalue weighted by atomic mass is 79.9. The van der Waals surface area contributed by atoms with E-state index in [2.05, 4.69) is 31.2 Å². The van der Waals surface area contributed by atoms with Gasteiger partial charge in [0.2, 0.25) is 0 Å². The molecule has 4 nitrogen and oxygen atoms in total. The molecule has 0 aliphatic heterocycles. The smallest absolute Gasteiger partial charge is 0.251 e. The van der Waals surface area contributed by atoms with Crippen molar-refractivity contribution in [2.75, 3.05) is 0 Å². The third kappa shape index (κ3) is 3.44. The van der Waals surface area contributed by atoms with Gasteiger partial charge in [-0.15, -0.1) is 0 Å². The van der Waals surface area contributed by atoms with Crippen LogP contribution in [0.1, 0.15) is 41.1 Å². The largest absolute Gasteiger partial charge is 0.347 e. The first-order chi connectivity index (χ1) is 9.10. The molecule has 2 aromatic rings. The fourth-order valence-electron chi connectivity index (χ4n) is 1.94. The van der Waals surface area contributed by atoms with Crippen LogP contribution in [0.25, 0.3) is 0 Å². The predicted molar refractivity (Wildman–Crippen MR) is 78.0 cm³/mol. The molecular formula is C14H16BrN3O. The SMILES string of the molecule is CCC(NC(=O)c1cc(C)cc(Br)c1)c1ncc[nH]1. The highest BCUT2D eigenvalue weighted by Crippen LogP contribution is 2.17. The van der Waals surface area contributed by atoms with Crippen molar-refractivity contribution in [1.29, 1.82) is 0 Å². The lowest BCUT2D eigenvalue weighted by atomic mass is 10.1. The van der Waals surface area contributed by atoms with Gasteiger partial charge in [-0.25, -0.2) is 4.98 Å². The molecule has 0 aliphatic carbocycles. The van der Waals surface area contributed by atoms with Crippen molar-refractivity contribution < 1.29 is 4.79 Å². The molecule has 2 rings (SSSR count). The van der Waals surface area contributed by atoms with Crippen molar-refractivity contribution in [3.05, 3.63) is 52.0 Å². The van der Waals surface area contributed by atoms with Crippen LogP contribution in [0.5, 0.6) is 0 Å². The minimum atomic E-state index is -0.0956. The van der Waals surface area contributed by atoms with Crippen LogP contribution in [0, 0.1) is 6.92 Å². The summed E-state index contributed by atoms with van der Waals surface area (Å²) in [5.74, 6) is 0.690. The maximum absolute atomic E-state index is 12.2. The molecule has 0 bridgehead atoms. The lowest BCUT2D eigenvalue weighted by Crippen LogP contribution is -2.28. The Labute approximate surface area is 120 Å². The van der Waals surface area contributed by atoms with Crippen LogP contribution in [0.3, 0.4) is 0 Å². The molecule has 0 saturated carbocycles. The number of H-pyrrole nitrogens is 1. The number of aryl methyl sites for hydroxylation is 1. The average molecular weight is 322 g/mol. The predicted octanol–water partition coefficient (Wildman–Crippen LogP) is 3.36. The Morgan fingerprint density at radius 2 is 2.26 bits per heavy atom. The van der Waals surface area contributed by atoms with Gasteiger partial charge >= 0.3 is 0 Å². The monoisotopic (exact) mass is 321 g/mol. The lowest BCUT2D eigenvalue weighted by Gasteiger charge is -2.15. The number of carbonyl (C=O) groups excluding carboxylic acids is 1. The van der Waals surface area contributed by atoms with Crippen LogP contribution >= 0.6 is 15.9 Å². The van der Waals surface area contributed by atoms with Crippen molar-refractivity contribution in [1.82, 2.24) is 15.3 Å². The van der Waals surface area contributed by atoms with Crippen LogP contribution in [0.2, 0.25) is 0 Å². The van der Waals surface area contributed by atoms with E-state index in [-0.39, 0.29) is 11.9 Å². The molecule has 0 radical (unpaired) electrons. The van der Waals surface area contributed by atoms with E-state index in [1.54, 1.807) is 12.4 Å². The quantitative estimate of drug-likeness (QED) is 0.907. The zero-order valence-electron chi connectivity index (χ0n) is 10.9. The maximum atomic E-state index is 12.2. The van der Waals surface area contributed by atoms with Gasteiger partial charge in [0.05, 0.1) is 6.04 Å². The van der Waals surface area contributed by atoms with Gasteiger partial charge < -0.3 is 10.3 Å². The number of aromatic amines is 1. The molecular weight excluding hydrogens is 306 g/mol. The number of nitrogens with zero attached hydrogens (tertiary/aromatic N) is 1. The summed E-state index contributed by atoms with van der Waals surface area (Å²) in [5, 5.41) is 2.99. The normalized spacial score (nSPS) is 12.2. The van der Waals surface area contributed by atoms with Crippen LogP contribution < -0.4 is 5.32 Å². The summed E-state index contributed by atoms with van der Waals surface area (Å²) in [6, 6.07) is 5.56. The maximum Gasteiger partial charge on any atom is 0.251 e. The summed E-state index contributed by atoms with van der Waals surface area (Å²) in [4.78, 5) is 19.5. The van der Waals surface area contributed by atoms with Gasteiger partial charge in [0, 0.05) is 22.4 Å². The molecule has 1 unspecified atom stereocenters. The second-order valence-electron chi connectivity index (χ2n) is 4.43. The van der Waals surface area contributed by atoms with E-state index < -0.39 is 0 Å². The Hall–Kier alpha value is -1.62. The van der Waals surface area contributed by atoms with Gasteiger partial charge in [0.1, 0.15) is 5.82 Å². The van der Waals surface area contributed by atoms with Crippen molar-refractivity contribution >= 4 is 21.8 Å². The third-order valence-electron chi connectivity index (χ3n) is 2.87. The first kappa shape index (κ1) is 13.8. The number of hydrogen-bond acceptors (Lipinski definition) is 2.